The van der Waals surface area contributed by atoms with Gasteiger partial charge in [0.25, 0.3) is 11.8 Å². The summed E-state index contributed by atoms with van der Waals surface area (Å²) in [6.45, 7) is 3.20. The number of rotatable bonds is 4. The number of hydrogen-bond donors (Lipinski definition) is 0. The molecule has 0 saturated carbocycles. The maximum atomic E-state index is 13.3. The van der Waals surface area contributed by atoms with Crippen molar-refractivity contribution in [2.75, 3.05) is 42.6 Å². The van der Waals surface area contributed by atoms with Crippen LogP contribution in [0.3, 0.4) is 0 Å². The van der Waals surface area contributed by atoms with E-state index in [9.17, 15) is 14.4 Å². The van der Waals surface area contributed by atoms with Gasteiger partial charge in [0.05, 0.1) is 29.3 Å². The van der Waals surface area contributed by atoms with Crippen molar-refractivity contribution >= 4 is 35.2 Å². The van der Waals surface area contributed by atoms with Gasteiger partial charge >= 0.3 is 0 Å². The number of hydrogen-bond acceptors (Lipinski definition) is 6. The summed E-state index contributed by atoms with van der Waals surface area (Å²) in [6, 6.07) is 9.12. The third-order valence-electron chi connectivity index (χ3n) is 6.47. The third kappa shape index (κ3) is 3.88. The Hall–Kier alpha value is -2.87. The molecule has 0 N–H and O–H groups in total. The first-order chi connectivity index (χ1) is 15.6. The SMILES string of the molecule is O=C([C@@H]1CCCN(c2cccc3c2C(=O)N(Cc2cccnc2)C3=O)C1)N1CCSCC1. The van der Waals surface area contributed by atoms with Crippen molar-refractivity contribution in [2.24, 2.45) is 5.92 Å². The zero-order valence-electron chi connectivity index (χ0n) is 17.9. The number of piperidine rings is 1. The zero-order valence-corrected chi connectivity index (χ0v) is 18.7. The highest BCUT2D eigenvalue weighted by Gasteiger charge is 2.39. The Bertz CT molecular complexity index is 1040. The van der Waals surface area contributed by atoms with Crippen LogP contribution in [0.1, 0.15) is 39.1 Å². The van der Waals surface area contributed by atoms with Gasteiger partial charge in [-0.1, -0.05) is 12.1 Å². The molecule has 2 saturated heterocycles. The molecule has 3 aliphatic rings. The van der Waals surface area contributed by atoms with E-state index in [1.807, 2.05) is 34.9 Å². The second-order valence-corrected chi connectivity index (χ2v) is 9.70. The highest BCUT2D eigenvalue weighted by Crippen LogP contribution is 2.35. The highest BCUT2D eigenvalue weighted by atomic mass is 32.2. The molecule has 3 amide bonds. The molecule has 5 rings (SSSR count). The molecule has 7 nitrogen and oxygen atoms in total. The molecule has 0 radical (unpaired) electrons. The molecule has 1 atom stereocenters. The second-order valence-electron chi connectivity index (χ2n) is 8.48. The van der Waals surface area contributed by atoms with Gasteiger partial charge in [0.1, 0.15) is 0 Å². The Balaban J connectivity index is 1.38. The van der Waals surface area contributed by atoms with Gasteiger partial charge in [0, 0.05) is 50.1 Å². The fraction of sp³-hybridized carbons (Fsp3) is 0.417. The number of imide groups is 1. The molecule has 8 heteroatoms. The molecule has 2 aromatic rings. The largest absolute Gasteiger partial charge is 0.370 e. The molecule has 1 aromatic carbocycles. The lowest BCUT2D eigenvalue weighted by molar-refractivity contribution is -0.135. The standard InChI is InChI=1S/C24H26N4O3S/c29-22(26-10-12-32-13-11-26)18-5-3-9-27(16-18)20-7-1-6-19-21(20)24(31)28(23(19)30)15-17-4-2-8-25-14-17/h1-2,4,6-8,14,18H,3,5,9-13,15-16H2/t18-/m1/s1. The van der Waals surface area contributed by atoms with Crippen LogP contribution in [0.15, 0.2) is 42.7 Å². The lowest BCUT2D eigenvalue weighted by Crippen LogP contribution is -2.47. The topological polar surface area (TPSA) is 73.8 Å². The van der Waals surface area contributed by atoms with Crippen LogP contribution in [0.25, 0.3) is 0 Å². The van der Waals surface area contributed by atoms with Gasteiger partial charge in [-0.2, -0.15) is 11.8 Å². The van der Waals surface area contributed by atoms with Gasteiger partial charge in [0.2, 0.25) is 5.91 Å². The zero-order chi connectivity index (χ0) is 22.1. The number of benzene rings is 1. The molecule has 32 heavy (non-hydrogen) atoms. The number of amides is 3. The Labute approximate surface area is 191 Å². The summed E-state index contributed by atoms with van der Waals surface area (Å²) in [5.74, 6) is 1.61. The number of thioether (sulfide) groups is 1. The van der Waals surface area contributed by atoms with Crippen LogP contribution < -0.4 is 4.90 Å². The number of pyridine rings is 1. The van der Waals surface area contributed by atoms with Crippen LogP contribution in [-0.2, 0) is 11.3 Å². The molecule has 0 spiro atoms. The first kappa shape index (κ1) is 21.0. The van der Waals surface area contributed by atoms with Crippen molar-refractivity contribution in [1.29, 1.82) is 0 Å². The fourth-order valence-electron chi connectivity index (χ4n) is 4.84. The third-order valence-corrected chi connectivity index (χ3v) is 7.42. The lowest BCUT2D eigenvalue weighted by atomic mass is 9.94. The van der Waals surface area contributed by atoms with Gasteiger partial charge in [-0.25, -0.2) is 0 Å². The van der Waals surface area contributed by atoms with E-state index in [2.05, 4.69) is 9.88 Å². The first-order valence-electron chi connectivity index (χ1n) is 11.1. The van der Waals surface area contributed by atoms with Crippen LogP contribution in [0.2, 0.25) is 0 Å². The summed E-state index contributed by atoms with van der Waals surface area (Å²) in [5, 5.41) is 0. The monoisotopic (exact) mass is 450 g/mol. The summed E-state index contributed by atoms with van der Waals surface area (Å²) < 4.78 is 0. The quantitative estimate of drug-likeness (QED) is 0.667. The smallest absolute Gasteiger partial charge is 0.263 e. The normalized spacial score (nSPS) is 21.1. The average molecular weight is 451 g/mol. The molecule has 1 aromatic heterocycles. The molecule has 0 bridgehead atoms. The van der Waals surface area contributed by atoms with Crippen molar-refractivity contribution in [3.63, 3.8) is 0 Å². The molecule has 166 valence electrons. The summed E-state index contributed by atoms with van der Waals surface area (Å²) in [4.78, 5) is 48.9. The van der Waals surface area contributed by atoms with E-state index in [0.29, 0.717) is 17.7 Å². The minimum absolute atomic E-state index is 0.0681. The van der Waals surface area contributed by atoms with Crippen molar-refractivity contribution in [1.82, 2.24) is 14.8 Å². The highest BCUT2D eigenvalue weighted by molar-refractivity contribution is 7.99. The van der Waals surface area contributed by atoms with Gasteiger partial charge in [-0.3, -0.25) is 24.3 Å². The van der Waals surface area contributed by atoms with Crippen LogP contribution in [0.4, 0.5) is 5.69 Å². The van der Waals surface area contributed by atoms with Crippen LogP contribution in [0, 0.1) is 5.92 Å². The fourth-order valence-corrected chi connectivity index (χ4v) is 5.74. The number of carbonyl (C=O) groups excluding carboxylic acids is 3. The number of anilines is 1. The molecular weight excluding hydrogens is 424 g/mol. The predicted octanol–water partition coefficient (Wildman–Crippen LogP) is 2.67. The van der Waals surface area contributed by atoms with Crippen LogP contribution in [0.5, 0.6) is 0 Å². The van der Waals surface area contributed by atoms with E-state index in [1.165, 1.54) is 4.90 Å². The van der Waals surface area contributed by atoms with E-state index >= 15 is 0 Å². The van der Waals surface area contributed by atoms with E-state index in [-0.39, 0.29) is 30.2 Å². The van der Waals surface area contributed by atoms with Gasteiger partial charge in [-0.05, 0) is 36.6 Å². The Kier molecular flexibility index (Phi) is 5.87. The van der Waals surface area contributed by atoms with E-state index in [0.717, 1.165) is 55.2 Å². The summed E-state index contributed by atoms with van der Waals surface area (Å²) >= 11 is 1.89. The minimum atomic E-state index is -0.272. The van der Waals surface area contributed by atoms with Crippen molar-refractivity contribution in [2.45, 2.75) is 19.4 Å². The number of nitrogens with zero attached hydrogens (tertiary/aromatic N) is 4. The second kappa shape index (κ2) is 8.94. The van der Waals surface area contributed by atoms with Crippen LogP contribution in [-0.4, -0.2) is 70.2 Å². The molecular formula is C24H26N4O3S. The first-order valence-corrected chi connectivity index (χ1v) is 12.3. The van der Waals surface area contributed by atoms with Crippen molar-refractivity contribution < 1.29 is 14.4 Å². The Morgan fingerprint density at radius 1 is 1.06 bits per heavy atom. The van der Waals surface area contributed by atoms with Crippen LogP contribution >= 0.6 is 11.8 Å². The Morgan fingerprint density at radius 3 is 2.69 bits per heavy atom. The average Bonchev–Trinajstić information content (AvgIpc) is 3.10. The summed E-state index contributed by atoms with van der Waals surface area (Å²) in [5.41, 5.74) is 2.48. The predicted molar refractivity (Wildman–Crippen MR) is 124 cm³/mol. The lowest BCUT2D eigenvalue weighted by Gasteiger charge is -2.37. The van der Waals surface area contributed by atoms with E-state index in [4.69, 9.17) is 0 Å². The molecule has 4 heterocycles. The van der Waals surface area contributed by atoms with E-state index < -0.39 is 0 Å². The minimum Gasteiger partial charge on any atom is -0.370 e. The molecule has 0 unspecified atom stereocenters. The Morgan fingerprint density at radius 2 is 1.91 bits per heavy atom. The molecule has 3 aliphatic heterocycles. The summed E-state index contributed by atoms with van der Waals surface area (Å²) in [7, 11) is 0. The van der Waals surface area contributed by atoms with Gasteiger partial charge in [0.15, 0.2) is 0 Å². The maximum absolute atomic E-state index is 13.3. The number of fused-ring (bicyclic) bond motifs is 1. The van der Waals surface area contributed by atoms with Crippen molar-refractivity contribution in [3.8, 4) is 0 Å². The molecule has 2 fully saturated rings. The molecule has 0 aliphatic carbocycles. The van der Waals surface area contributed by atoms with Crippen molar-refractivity contribution in [3.05, 3.63) is 59.4 Å². The van der Waals surface area contributed by atoms with Gasteiger partial charge in [-0.15, -0.1) is 0 Å². The van der Waals surface area contributed by atoms with Gasteiger partial charge < -0.3 is 9.80 Å². The maximum Gasteiger partial charge on any atom is 0.263 e. The number of carbonyl (C=O) groups is 3. The van der Waals surface area contributed by atoms with E-state index in [1.54, 1.807) is 24.5 Å². The number of aromatic nitrogens is 1. The summed E-state index contributed by atoms with van der Waals surface area (Å²) in [6.07, 6.45) is 5.10.